The molecule has 40 heavy (non-hydrogen) atoms. The maximum atomic E-state index is 15.5. The summed E-state index contributed by atoms with van der Waals surface area (Å²) in [5, 5.41) is 13.0. The normalized spacial score (nSPS) is 13.0. The van der Waals surface area contributed by atoms with Crippen molar-refractivity contribution in [3.63, 3.8) is 0 Å². The summed E-state index contributed by atoms with van der Waals surface area (Å²) in [7, 11) is 0. The Labute approximate surface area is 230 Å². The van der Waals surface area contributed by atoms with Crippen LogP contribution in [0.25, 0.3) is 28.0 Å². The van der Waals surface area contributed by atoms with Crippen LogP contribution in [-0.2, 0) is 11.3 Å². The van der Waals surface area contributed by atoms with Gasteiger partial charge in [-0.05, 0) is 54.3 Å². The van der Waals surface area contributed by atoms with Gasteiger partial charge in [0.15, 0.2) is 0 Å². The lowest BCUT2D eigenvalue weighted by Crippen LogP contribution is -2.34. The molecule has 4 aromatic rings. The van der Waals surface area contributed by atoms with Gasteiger partial charge in [-0.1, -0.05) is 19.9 Å². The van der Waals surface area contributed by atoms with Gasteiger partial charge in [0.2, 0.25) is 17.7 Å². The standard InChI is InChI=1S/C29H30FN7O3/c1-4-8-36(9-5-2)28(38)20-11-23-24(30)12-19(13-25(23)33-26(31)14-20)18-6-7-22-21(10-18)15-32-37(29(22)39)16-27-35-34-17(3)40-27/h6-7,10-13,15H,4-5,8-9,14,16H2,1-3H3,(H2,31,33). The largest absolute Gasteiger partial charge is 0.424 e. The van der Waals surface area contributed by atoms with E-state index in [1.165, 1.54) is 10.7 Å². The number of fused-ring (bicyclic) bond motifs is 2. The van der Waals surface area contributed by atoms with Crippen LogP contribution >= 0.6 is 0 Å². The zero-order chi connectivity index (χ0) is 28.4. The Kier molecular flexibility index (Phi) is 7.54. The van der Waals surface area contributed by atoms with Gasteiger partial charge >= 0.3 is 0 Å². The molecule has 2 aromatic carbocycles. The predicted molar refractivity (Wildman–Crippen MR) is 151 cm³/mol. The monoisotopic (exact) mass is 543 g/mol. The minimum Gasteiger partial charge on any atom is -0.424 e. The summed E-state index contributed by atoms with van der Waals surface area (Å²) in [5.41, 5.74) is 8.09. The Bertz CT molecular complexity index is 1710. The number of aromatic nitrogens is 4. The van der Waals surface area contributed by atoms with Gasteiger partial charge in [-0.25, -0.2) is 14.1 Å². The van der Waals surface area contributed by atoms with Crippen molar-refractivity contribution in [1.29, 1.82) is 0 Å². The number of halogens is 1. The number of aryl methyl sites for hydroxylation is 1. The SMILES string of the molecule is CCCN(CCC)C(=O)C1=Cc2c(F)cc(-c3ccc4c(=O)n(Cc5nnc(C)o5)ncc4c3)cc2N=C(N)C1. The highest BCUT2D eigenvalue weighted by Gasteiger charge is 2.23. The first kappa shape index (κ1) is 26.9. The molecule has 0 atom stereocenters. The van der Waals surface area contributed by atoms with E-state index >= 15 is 4.39 Å². The smallest absolute Gasteiger partial charge is 0.275 e. The highest BCUT2D eigenvalue weighted by Crippen LogP contribution is 2.35. The lowest BCUT2D eigenvalue weighted by molar-refractivity contribution is -0.127. The van der Waals surface area contributed by atoms with Crippen LogP contribution in [0.15, 0.2) is 56.3 Å². The number of aliphatic imine (C=N–C) groups is 1. The highest BCUT2D eigenvalue weighted by atomic mass is 19.1. The molecule has 2 N–H and O–H groups in total. The Hall–Kier alpha value is -4.67. The second-order valence-electron chi connectivity index (χ2n) is 9.76. The van der Waals surface area contributed by atoms with E-state index in [4.69, 9.17) is 10.2 Å². The van der Waals surface area contributed by atoms with Gasteiger partial charge in [0.1, 0.15) is 18.2 Å². The van der Waals surface area contributed by atoms with Crippen molar-refractivity contribution in [2.75, 3.05) is 13.1 Å². The molecule has 11 heteroatoms. The molecule has 206 valence electrons. The number of amides is 1. The molecule has 0 aliphatic carbocycles. The first-order chi connectivity index (χ1) is 19.3. The molecular weight excluding hydrogens is 513 g/mol. The Balaban J connectivity index is 1.49. The second-order valence-corrected chi connectivity index (χ2v) is 9.76. The van der Waals surface area contributed by atoms with Crippen LogP contribution in [0.4, 0.5) is 10.1 Å². The van der Waals surface area contributed by atoms with Crippen molar-refractivity contribution in [3.8, 4) is 11.1 Å². The molecule has 0 saturated carbocycles. The van der Waals surface area contributed by atoms with Crippen molar-refractivity contribution in [2.45, 2.75) is 46.6 Å². The van der Waals surface area contributed by atoms with E-state index < -0.39 is 5.82 Å². The fourth-order valence-electron chi connectivity index (χ4n) is 4.82. The number of rotatable bonds is 8. The third-order valence-corrected chi connectivity index (χ3v) is 6.65. The summed E-state index contributed by atoms with van der Waals surface area (Å²) in [6.45, 7) is 6.99. The molecule has 3 heterocycles. The van der Waals surface area contributed by atoms with Crippen molar-refractivity contribution in [1.82, 2.24) is 24.9 Å². The number of nitrogens with zero attached hydrogens (tertiary/aromatic N) is 6. The van der Waals surface area contributed by atoms with E-state index in [1.807, 2.05) is 13.8 Å². The summed E-state index contributed by atoms with van der Waals surface area (Å²) in [4.78, 5) is 32.5. The molecule has 2 aromatic heterocycles. The van der Waals surface area contributed by atoms with Gasteiger partial charge in [0, 0.05) is 43.0 Å². The Morgan fingerprint density at radius 3 is 2.60 bits per heavy atom. The van der Waals surface area contributed by atoms with E-state index in [0.717, 1.165) is 12.8 Å². The van der Waals surface area contributed by atoms with E-state index in [-0.39, 0.29) is 41.7 Å². The van der Waals surface area contributed by atoms with Crippen LogP contribution < -0.4 is 11.3 Å². The Morgan fingerprint density at radius 1 is 1.12 bits per heavy atom. The summed E-state index contributed by atoms with van der Waals surface area (Å²) < 4.78 is 22.1. The minimum atomic E-state index is -0.516. The molecule has 1 amide bonds. The van der Waals surface area contributed by atoms with Crippen molar-refractivity contribution in [2.24, 2.45) is 10.7 Å². The quantitative estimate of drug-likeness (QED) is 0.349. The average molecular weight is 544 g/mol. The molecule has 1 aliphatic heterocycles. The lowest BCUT2D eigenvalue weighted by atomic mass is 9.98. The van der Waals surface area contributed by atoms with Crippen molar-refractivity contribution in [3.05, 3.63) is 75.6 Å². The molecule has 0 radical (unpaired) electrons. The minimum absolute atomic E-state index is 0.0550. The molecular formula is C29H30FN7O3. The highest BCUT2D eigenvalue weighted by molar-refractivity contribution is 6.05. The number of benzene rings is 2. The average Bonchev–Trinajstić information content (AvgIpc) is 3.26. The van der Waals surface area contributed by atoms with Crippen LogP contribution in [0, 0.1) is 12.7 Å². The van der Waals surface area contributed by atoms with Crippen molar-refractivity contribution < 1.29 is 13.6 Å². The van der Waals surface area contributed by atoms with Crippen LogP contribution in [0.2, 0.25) is 0 Å². The Morgan fingerprint density at radius 2 is 1.90 bits per heavy atom. The summed E-state index contributed by atoms with van der Waals surface area (Å²) in [5.74, 6) is 0.256. The third-order valence-electron chi connectivity index (χ3n) is 6.65. The van der Waals surface area contributed by atoms with Gasteiger partial charge in [0.05, 0.1) is 17.3 Å². The number of carbonyl (C=O) groups is 1. The second kappa shape index (κ2) is 11.2. The summed E-state index contributed by atoms with van der Waals surface area (Å²) >= 11 is 0. The molecule has 10 nitrogen and oxygen atoms in total. The molecule has 1 aliphatic rings. The number of carbonyl (C=O) groups excluding carboxylic acids is 1. The van der Waals surface area contributed by atoms with E-state index in [1.54, 1.807) is 48.4 Å². The van der Waals surface area contributed by atoms with Crippen LogP contribution in [-0.4, -0.2) is 49.7 Å². The van der Waals surface area contributed by atoms with Crippen LogP contribution in [0.3, 0.4) is 0 Å². The van der Waals surface area contributed by atoms with Crippen LogP contribution in [0.5, 0.6) is 0 Å². The summed E-state index contributed by atoms with van der Waals surface area (Å²) in [6.07, 6.45) is 4.92. The number of hydrogen-bond donors (Lipinski definition) is 1. The maximum Gasteiger partial charge on any atom is 0.275 e. The molecule has 0 spiro atoms. The zero-order valence-corrected chi connectivity index (χ0v) is 22.6. The lowest BCUT2D eigenvalue weighted by Gasteiger charge is -2.22. The van der Waals surface area contributed by atoms with Gasteiger partial charge in [0.25, 0.3) is 5.56 Å². The first-order valence-electron chi connectivity index (χ1n) is 13.2. The van der Waals surface area contributed by atoms with Gasteiger partial charge in [-0.2, -0.15) is 5.10 Å². The zero-order valence-electron chi connectivity index (χ0n) is 22.6. The topological polar surface area (TPSA) is 132 Å². The fraction of sp³-hybridized carbons (Fsp3) is 0.310. The molecule has 0 bridgehead atoms. The van der Waals surface area contributed by atoms with E-state index in [2.05, 4.69) is 20.3 Å². The van der Waals surface area contributed by atoms with E-state index in [9.17, 15) is 9.59 Å². The van der Waals surface area contributed by atoms with Gasteiger partial charge in [-0.15, -0.1) is 10.2 Å². The molecule has 0 saturated heterocycles. The number of amidine groups is 1. The predicted octanol–water partition coefficient (Wildman–Crippen LogP) is 4.37. The molecule has 0 fully saturated rings. The van der Waals surface area contributed by atoms with E-state index in [0.29, 0.717) is 52.1 Å². The molecule has 0 unspecified atom stereocenters. The first-order valence-corrected chi connectivity index (χ1v) is 13.2. The van der Waals surface area contributed by atoms with Gasteiger partial charge < -0.3 is 15.1 Å². The number of hydrogen-bond acceptors (Lipinski definition) is 8. The summed E-state index contributed by atoms with van der Waals surface area (Å²) in [6, 6.07) is 8.33. The van der Waals surface area contributed by atoms with Crippen molar-refractivity contribution >= 4 is 34.3 Å². The molecule has 5 rings (SSSR count). The van der Waals surface area contributed by atoms with Gasteiger partial charge in [-0.3, -0.25) is 9.59 Å². The number of nitrogens with two attached hydrogens (primary N) is 1. The fourth-order valence-corrected chi connectivity index (χ4v) is 4.82. The third kappa shape index (κ3) is 5.40. The maximum absolute atomic E-state index is 15.5. The van der Waals surface area contributed by atoms with Crippen LogP contribution in [0.1, 0.15) is 50.5 Å².